The number of carbonyl (C=O) groups is 3. The maximum Gasteiger partial charge on any atom is 0.344 e. The first kappa shape index (κ1) is 22.6. The number of ether oxygens (including phenoxy) is 1. The van der Waals surface area contributed by atoms with Gasteiger partial charge in [0.25, 0.3) is 11.8 Å². The minimum Gasteiger partial charge on any atom is -0.495 e. The molecule has 9 nitrogen and oxygen atoms in total. The number of methoxy groups -OCH3 is 1. The van der Waals surface area contributed by atoms with E-state index in [1.54, 1.807) is 19.2 Å². The van der Waals surface area contributed by atoms with Crippen molar-refractivity contribution in [2.24, 2.45) is 0 Å². The third-order valence-corrected chi connectivity index (χ3v) is 6.29. The van der Waals surface area contributed by atoms with Gasteiger partial charge in [0.2, 0.25) is 0 Å². The molecule has 0 aromatic heterocycles. The van der Waals surface area contributed by atoms with Crippen LogP contribution in [0, 0.1) is 0 Å². The van der Waals surface area contributed by atoms with Crippen molar-refractivity contribution in [1.82, 2.24) is 20.7 Å². The molecule has 2 aromatic rings. The maximum atomic E-state index is 13.2. The molecule has 9 heteroatoms. The molecule has 0 aliphatic carbocycles. The molecule has 2 saturated heterocycles. The van der Waals surface area contributed by atoms with E-state index < -0.39 is 23.4 Å². The second-order valence-electron chi connectivity index (χ2n) is 8.17. The predicted molar refractivity (Wildman–Crippen MR) is 124 cm³/mol. The number of urea groups is 1. The Balaban J connectivity index is 1.35. The molecule has 0 spiro atoms. The third-order valence-electron chi connectivity index (χ3n) is 6.29. The Bertz CT molecular complexity index is 1020. The van der Waals surface area contributed by atoms with Crippen molar-refractivity contribution in [3.05, 3.63) is 60.2 Å². The summed E-state index contributed by atoms with van der Waals surface area (Å²) in [5, 5.41) is 3.58. The monoisotopic (exact) mass is 451 g/mol. The van der Waals surface area contributed by atoms with Crippen LogP contribution >= 0.6 is 0 Å². The van der Waals surface area contributed by atoms with Crippen molar-refractivity contribution in [1.29, 1.82) is 0 Å². The highest BCUT2D eigenvalue weighted by atomic mass is 16.5. The SMILES string of the molecule is CCC1(c2ccccc2)NC(=O)N(NC(=O)CN2CCN(c3ccccc3OC)CC2)C1=O. The lowest BCUT2D eigenvalue weighted by molar-refractivity contribution is -0.139. The lowest BCUT2D eigenvalue weighted by Crippen LogP contribution is -2.54. The van der Waals surface area contributed by atoms with Crippen LogP contribution in [-0.2, 0) is 15.1 Å². The summed E-state index contributed by atoms with van der Waals surface area (Å²) in [4.78, 5) is 42.6. The number of hydrogen-bond donors (Lipinski definition) is 2. The molecule has 2 N–H and O–H groups in total. The molecule has 174 valence electrons. The number of carbonyl (C=O) groups excluding carboxylic acids is 3. The molecule has 4 amide bonds. The molecule has 2 heterocycles. The van der Waals surface area contributed by atoms with Crippen molar-refractivity contribution in [3.63, 3.8) is 0 Å². The van der Waals surface area contributed by atoms with Crippen molar-refractivity contribution in [2.75, 3.05) is 44.7 Å². The Morgan fingerprint density at radius 1 is 1.03 bits per heavy atom. The molecule has 2 fully saturated rings. The number of nitrogens with one attached hydrogen (secondary N) is 2. The second-order valence-corrected chi connectivity index (χ2v) is 8.17. The summed E-state index contributed by atoms with van der Waals surface area (Å²) < 4.78 is 5.45. The number of piperazine rings is 1. The van der Waals surface area contributed by atoms with Gasteiger partial charge in [-0.05, 0) is 24.1 Å². The number of benzene rings is 2. The van der Waals surface area contributed by atoms with Crippen LogP contribution in [0.15, 0.2) is 54.6 Å². The zero-order valence-corrected chi connectivity index (χ0v) is 18.9. The zero-order valence-electron chi connectivity index (χ0n) is 18.9. The fourth-order valence-electron chi connectivity index (χ4n) is 4.44. The van der Waals surface area contributed by atoms with E-state index in [1.807, 2.05) is 54.3 Å². The van der Waals surface area contributed by atoms with Gasteiger partial charge in [0.15, 0.2) is 0 Å². The van der Waals surface area contributed by atoms with Gasteiger partial charge in [0.05, 0.1) is 19.3 Å². The molecule has 0 saturated carbocycles. The van der Waals surface area contributed by atoms with Gasteiger partial charge in [-0.1, -0.05) is 49.4 Å². The van der Waals surface area contributed by atoms with Gasteiger partial charge in [-0.25, -0.2) is 4.79 Å². The minimum absolute atomic E-state index is 0.0985. The Kier molecular flexibility index (Phi) is 6.50. The number of nitrogens with zero attached hydrogens (tertiary/aromatic N) is 3. The van der Waals surface area contributed by atoms with Crippen molar-refractivity contribution < 1.29 is 19.1 Å². The number of imide groups is 1. The molecule has 0 radical (unpaired) electrons. The van der Waals surface area contributed by atoms with Gasteiger partial charge in [0, 0.05) is 26.2 Å². The molecule has 33 heavy (non-hydrogen) atoms. The summed E-state index contributed by atoms with van der Waals surface area (Å²) in [5.74, 6) is -0.0557. The Morgan fingerprint density at radius 3 is 2.36 bits per heavy atom. The Morgan fingerprint density at radius 2 is 1.70 bits per heavy atom. The minimum atomic E-state index is -1.17. The summed E-state index contributed by atoms with van der Waals surface area (Å²) in [5.41, 5.74) is 3.05. The molecule has 1 atom stereocenters. The van der Waals surface area contributed by atoms with E-state index in [4.69, 9.17) is 4.74 Å². The average molecular weight is 452 g/mol. The van der Waals surface area contributed by atoms with Crippen molar-refractivity contribution in [2.45, 2.75) is 18.9 Å². The Hall–Kier alpha value is -3.59. The first-order chi connectivity index (χ1) is 16.0. The normalized spacial score (nSPS) is 21.2. The van der Waals surface area contributed by atoms with E-state index in [2.05, 4.69) is 15.6 Å². The van der Waals surface area contributed by atoms with Gasteiger partial charge in [-0.3, -0.25) is 19.9 Å². The van der Waals surface area contributed by atoms with Crippen molar-refractivity contribution >= 4 is 23.5 Å². The lowest BCUT2D eigenvalue weighted by atomic mass is 9.87. The number of rotatable bonds is 7. The van der Waals surface area contributed by atoms with Crippen LogP contribution in [0.25, 0.3) is 0 Å². The van der Waals surface area contributed by atoms with Gasteiger partial charge < -0.3 is 15.0 Å². The molecule has 2 aliphatic heterocycles. The highest BCUT2D eigenvalue weighted by Crippen LogP contribution is 2.31. The second kappa shape index (κ2) is 9.50. The van der Waals surface area contributed by atoms with E-state index in [1.165, 1.54) is 0 Å². The summed E-state index contributed by atoms with van der Waals surface area (Å²) in [6.45, 7) is 4.76. The van der Waals surface area contributed by atoms with E-state index in [0.717, 1.165) is 29.5 Å². The number of anilines is 1. The number of amides is 4. The first-order valence-electron chi connectivity index (χ1n) is 11.1. The largest absolute Gasteiger partial charge is 0.495 e. The van der Waals surface area contributed by atoms with E-state index in [-0.39, 0.29) is 6.54 Å². The van der Waals surface area contributed by atoms with Crippen LogP contribution in [0.2, 0.25) is 0 Å². The van der Waals surface area contributed by atoms with E-state index in [9.17, 15) is 14.4 Å². The molecular weight excluding hydrogens is 422 g/mol. The summed E-state index contributed by atoms with van der Waals surface area (Å²) in [6, 6.07) is 16.3. The Labute approximate surface area is 193 Å². The average Bonchev–Trinajstić information content (AvgIpc) is 3.10. The fourth-order valence-corrected chi connectivity index (χ4v) is 4.44. The van der Waals surface area contributed by atoms with Crippen LogP contribution < -0.4 is 20.4 Å². The van der Waals surface area contributed by atoms with Crippen LogP contribution in [0.5, 0.6) is 5.75 Å². The quantitative estimate of drug-likeness (QED) is 0.623. The van der Waals surface area contributed by atoms with Crippen LogP contribution in [0.1, 0.15) is 18.9 Å². The molecular formula is C24H29N5O4. The summed E-state index contributed by atoms with van der Waals surface area (Å²) >= 11 is 0. The number of hydrogen-bond acceptors (Lipinski definition) is 6. The molecule has 4 rings (SSSR count). The molecule has 0 bridgehead atoms. The summed E-state index contributed by atoms with van der Waals surface area (Å²) in [6.07, 6.45) is 0.374. The van der Waals surface area contributed by atoms with Crippen LogP contribution in [0.3, 0.4) is 0 Å². The van der Waals surface area contributed by atoms with Crippen LogP contribution in [-0.4, -0.2) is 67.6 Å². The highest BCUT2D eigenvalue weighted by Gasteiger charge is 2.52. The molecule has 2 aromatic carbocycles. The number of hydrazine groups is 1. The zero-order chi connectivity index (χ0) is 23.4. The van der Waals surface area contributed by atoms with Crippen molar-refractivity contribution in [3.8, 4) is 5.75 Å². The molecule has 2 aliphatic rings. The lowest BCUT2D eigenvalue weighted by Gasteiger charge is -2.36. The number of para-hydroxylation sites is 2. The summed E-state index contributed by atoms with van der Waals surface area (Å²) in [7, 11) is 1.65. The van der Waals surface area contributed by atoms with Gasteiger partial charge in [-0.15, -0.1) is 0 Å². The van der Waals surface area contributed by atoms with E-state index >= 15 is 0 Å². The third kappa shape index (κ3) is 4.36. The highest BCUT2D eigenvalue weighted by molar-refractivity contribution is 6.08. The topological polar surface area (TPSA) is 94.2 Å². The van der Waals surface area contributed by atoms with Gasteiger partial charge in [0.1, 0.15) is 11.3 Å². The fraction of sp³-hybridized carbons (Fsp3) is 0.375. The predicted octanol–water partition coefficient (Wildman–Crippen LogP) is 1.71. The maximum absolute atomic E-state index is 13.2. The van der Waals surface area contributed by atoms with E-state index in [0.29, 0.717) is 25.1 Å². The van der Waals surface area contributed by atoms with Crippen LogP contribution in [0.4, 0.5) is 10.5 Å². The standard InChI is InChI=1S/C24H29N5O4/c1-3-24(18-9-5-4-6-10-18)22(31)29(23(32)25-24)26-21(30)17-27-13-15-28(16-14-27)19-11-7-8-12-20(19)33-2/h4-12H,3,13-17H2,1-2H3,(H,25,32)(H,26,30). The van der Waals surface area contributed by atoms with Gasteiger partial charge in [-0.2, -0.15) is 5.01 Å². The smallest absolute Gasteiger partial charge is 0.344 e. The first-order valence-corrected chi connectivity index (χ1v) is 11.1. The van der Waals surface area contributed by atoms with Gasteiger partial charge >= 0.3 is 6.03 Å². The molecule has 1 unspecified atom stereocenters.